The molecule has 3 spiro atoms. The quantitative estimate of drug-likeness (QED) is 0.417. The molecule has 5 aliphatic rings. The summed E-state index contributed by atoms with van der Waals surface area (Å²) in [5.74, 6) is 0.850. The van der Waals surface area contributed by atoms with Crippen molar-refractivity contribution in [3.63, 3.8) is 0 Å². The van der Waals surface area contributed by atoms with Gasteiger partial charge in [-0.3, -0.25) is 0 Å². The molecule has 5 rings (SSSR count). The zero-order valence-electron chi connectivity index (χ0n) is 17.1. The van der Waals surface area contributed by atoms with Gasteiger partial charge in [0.05, 0.1) is 6.21 Å². The molecule has 5 aliphatic carbocycles. The first-order chi connectivity index (χ1) is 12.4. The largest absolute Gasteiger partial charge is 0.591 e. The summed E-state index contributed by atoms with van der Waals surface area (Å²) in [6.45, 7) is 6.17. The maximum atomic E-state index is 12.7. The molecule has 5 saturated carbocycles. The first-order valence-corrected chi connectivity index (χ1v) is 12.5. The second-order valence-electron chi connectivity index (χ2n) is 11.2. The van der Waals surface area contributed by atoms with Crippen molar-refractivity contribution in [3.05, 3.63) is 0 Å². The van der Waals surface area contributed by atoms with E-state index < -0.39 is 11.4 Å². The van der Waals surface area contributed by atoms with Gasteiger partial charge in [0.1, 0.15) is 16.1 Å². The van der Waals surface area contributed by atoms with E-state index in [0.717, 1.165) is 5.92 Å². The van der Waals surface area contributed by atoms with Crippen molar-refractivity contribution in [1.82, 2.24) is 0 Å². The van der Waals surface area contributed by atoms with E-state index in [1.54, 1.807) is 0 Å². The van der Waals surface area contributed by atoms with Crippen LogP contribution < -0.4 is 0 Å². The van der Waals surface area contributed by atoms with E-state index in [1.807, 2.05) is 0 Å². The summed E-state index contributed by atoms with van der Waals surface area (Å²) in [4.78, 5) is 0. The van der Waals surface area contributed by atoms with E-state index in [1.165, 1.54) is 83.5 Å². The molecule has 0 heterocycles. The Balaban J connectivity index is 1.57. The van der Waals surface area contributed by atoms with E-state index in [9.17, 15) is 4.55 Å². The van der Waals surface area contributed by atoms with E-state index in [0.29, 0.717) is 21.7 Å². The van der Waals surface area contributed by atoms with Crippen LogP contribution in [0.4, 0.5) is 0 Å². The highest BCUT2D eigenvalue weighted by Crippen LogP contribution is 3.04. The van der Waals surface area contributed by atoms with Crippen LogP contribution in [-0.4, -0.2) is 15.5 Å². The van der Waals surface area contributed by atoms with Crippen LogP contribution in [0.3, 0.4) is 0 Å². The van der Waals surface area contributed by atoms with Gasteiger partial charge in [-0.05, 0) is 81.5 Å². The first kappa shape index (κ1) is 18.0. The topological polar surface area (TPSA) is 35.4 Å². The molecule has 0 bridgehead atoms. The van der Waals surface area contributed by atoms with E-state index in [4.69, 9.17) is 4.40 Å². The predicted octanol–water partition coefficient (Wildman–Crippen LogP) is 6.22. The number of rotatable bonds is 2. The summed E-state index contributed by atoms with van der Waals surface area (Å²) in [5.41, 5.74) is 2.14. The Labute approximate surface area is 163 Å². The Kier molecular flexibility index (Phi) is 3.83. The lowest BCUT2D eigenvalue weighted by atomic mass is 9.40. The molecule has 0 amide bonds. The maximum Gasteiger partial charge on any atom is 0.144 e. The van der Waals surface area contributed by atoms with Crippen molar-refractivity contribution in [3.8, 4) is 0 Å². The fraction of sp³-hybridized carbons (Fsp3) is 0.957. The van der Waals surface area contributed by atoms with E-state index in [2.05, 4.69) is 27.0 Å². The lowest BCUT2D eigenvalue weighted by molar-refractivity contribution is -0.118. The summed E-state index contributed by atoms with van der Waals surface area (Å²) in [5, 5.41) is 0. The maximum absolute atomic E-state index is 12.7. The third-order valence-corrected chi connectivity index (χ3v) is 11.0. The summed E-state index contributed by atoms with van der Waals surface area (Å²) in [6, 6.07) is 0. The van der Waals surface area contributed by atoms with Gasteiger partial charge >= 0.3 is 0 Å². The van der Waals surface area contributed by atoms with Crippen molar-refractivity contribution in [2.24, 2.45) is 32.0 Å². The molecule has 5 unspecified atom stereocenters. The fourth-order valence-corrected chi connectivity index (χ4v) is 10.00. The Morgan fingerprint density at radius 1 is 0.885 bits per heavy atom. The van der Waals surface area contributed by atoms with Crippen LogP contribution in [0.1, 0.15) is 104 Å². The summed E-state index contributed by atoms with van der Waals surface area (Å²) < 4.78 is 17.3. The third kappa shape index (κ3) is 1.75. The van der Waals surface area contributed by atoms with Gasteiger partial charge in [-0.1, -0.05) is 49.3 Å². The van der Waals surface area contributed by atoms with Gasteiger partial charge in [0.15, 0.2) is 0 Å². The molecule has 0 aromatic heterocycles. The van der Waals surface area contributed by atoms with Gasteiger partial charge in [0, 0.05) is 5.41 Å². The van der Waals surface area contributed by atoms with Crippen LogP contribution in [-0.2, 0) is 11.4 Å². The highest BCUT2D eigenvalue weighted by atomic mass is 32.2. The molecule has 0 radical (unpaired) electrons. The molecule has 146 valence electrons. The molecule has 5 fully saturated rings. The summed E-state index contributed by atoms with van der Waals surface area (Å²) >= 11 is -1.11. The minimum absolute atomic E-state index is 0.242. The number of nitrogens with zero attached hydrogens (tertiary/aromatic N) is 1. The number of hydrogen-bond acceptors (Lipinski definition) is 2. The zero-order chi connectivity index (χ0) is 18.3. The average Bonchev–Trinajstić information content (AvgIpc) is 2.99. The van der Waals surface area contributed by atoms with Crippen molar-refractivity contribution in [2.45, 2.75) is 109 Å². The molecule has 0 aliphatic heterocycles. The molecule has 0 N–H and O–H groups in total. The van der Waals surface area contributed by atoms with E-state index >= 15 is 0 Å². The Bertz CT molecular complexity index is 604. The minimum atomic E-state index is -1.11. The zero-order valence-corrected chi connectivity index (χ0v) is 17.9. The second-order valence-corrected chi connectivity index (χ2v) is 13.1. The smallest absolute Gasteiger partial charge is 0.144 e. The Morgan fingerprint density at radius 3 is 2.27 bits per heavy atom. The minimum Gasteiger partial charge on any atom is -0.591 e. The molecule has 3 heteroatoms. The van der Waals surface area contributed by atoms with Crippen LogP contribution in [0, 0.1) is 27.6 Å². The normalized spacial score (nSPS) is 47.6. The highest BCUT2D eigenvalue weighted by Gasteiger charge is 3.00. The van der Waals surface area contributed by atoms with Crippen molar-refractivity contribution in [2.75, 3.05) is 0 Å². The van der Waals surface area contributed by atoms with Crippen LogP contribution in [0.2, 0.25) is 0 Å². The Morgan fingerprint density at radius 2 is 1.54 bits per heavy atom. The van der Waals surface area contributed by atoms with Gasteiger partial charge in [-0.25, -0.2) is 0 Å². The second kappa shape index (κ2) is 5.53. The molecular weight excluding hydrogens is 338 g/mol. The van der Waals surface area contributed by atoms with Crippen molar-refractivity contribution < 1.29 is 4.55 Å². The van der Waals surface area contributed by atoms with Gasteiger partial charge in [0.25, 0.3) is 0 Å². The van der Waals surface area contributed by atoms with Crippen LogP contribution in [0.15, 0.2) is 4.40 Å². The molecule has 0 saturated heterocycles. The molecule has 0 aromatic carbocycles. The van der Waals surface area contributed by atoms with Crippen LogP contribution >= 0.6 is 0 Å². The molecule has 5 atom stereocenters. The summed E-state index contributed by atoms with van der Waals surface area (Å²) in [7, 11) is 0. The molecular formula is C23H37NOS. The fourth-order valence-electron chi connectivity index (χ4n) is 9.40. The first-order valence-electron chi connectivity index (χ1n) is 11.4. The predicted molar refractivity (Wildman–Crippen MR) is 110 cm³/mol. The third-order valence-electron chi connectivity index (χ3n) is 9.70. The lowest BCUT2D eigenvalue weighted by Gasteiger charge is -2.63. The average molecular weight is 376 g/mol. The molecule has 26 heavy (non-hydrogen) atoms. The van der Waals surface area contributed by atoms with Crippen LogP contribution in [0.25, 0.3) is 0 Å². The van der Waals surface area contributed by atoms with Gasteiger partial charge < -0.3 is 4.55 Å². The Hall–Kier alpha value is -0.0200. The monoisotopic (exact) mass is 375 g/mol. The lowest BCUT2D eigenvalue weighted by Crippen LogP contribution is -2.60. The van der Waals surface area contributed by atoms with Crippen molar-refractivity contribution in [1.29, 1.82) is 0 Å². The number of fused-ring (bicyclic) bond motifs is 1. The highest BCUT2D eigenvalue weighted by molar-refractivity contribution is 7.91. The van der Waals surface area contributed by atoms with Crippen molar-refractivity contribution >= 4 is 17.6 Å². The standard InChI is InChI=1S/C23H37NOS/c1-19(2,3)26(25)24-17-20-12-9-10-16-23(20)21(13-6-4-7-14-21)22(23)15-8-5-11-18(20)22/h17-18H,4-16H2,1-3H3/b24-17-. The number of hydrogen-bond donors (Lipinski definition) is 0. The molecule has 2 nitrogen and oxygen atoms in total. The van der Waals surface area contributed by atoms with Gasteiger partial charge in [-0.15, -0.1) is 0 Å². The molecule has 0 aromatic rings. The van der Waals surface area contributed by atoms with Crippen LogP contribution in [0.5, 0.6) is 0 Å². The van der Waals surface area contributed by atoms with Gasteiger partial charge in [0.2, 0.25) is 0 Å². The summed E-state index contributed by atoms with van der Waals surface area (Å²) in [6.07, 6.45) is 21.0. The van der Waals surface area contributed by atoms with Gasteiger partial charge in [-0.2, -0.15) is 0 Å². The SMILES string of the molecule is CC(C)(C)[S+]([O-])/N=C\C12CCCCC13C1(CCCCC1)C31CCCCC21. The van der Waals surface area contributed by atoms with E-state index in [-0.39, 0.29) is 4.75 Å².